The van der Waals surface area contributed by atoms with Crippen molar-refractivity contribution in [1.29, 1.82) is 0 Å². The van der Waals surface area contributed by atoms with Gasteiger partial charge in [0.15, 0.2) is 0 Å². The molecule has 1 aromatic heterocycles. The van der Waals surface area contributed by atoms with E-state index in [4.69, 9.17) is 27.9 Å². The molecule has 2 aromatic carbocycles. The molecule has 0 aliphatic carbocycles. The summed E-state index contributed by atoms with van der Waals surface area (Å²) in [6.45, 7) is 6.23. The van der Waals surface area contributed by atoms with Gasteiger partial charge in [-0.25, -0.2) is 0 Å². The molecule has 1 saturated heterocycles. The number of hydrogen-bond acceptors (Lipinski definition) is 5. The molecule has 0 amide bonds. The summed E-state index contributed by atoms with van der Waals surface area (Å²) in [5.41, 5.74) is -0.177. The fourth-order valence-electron chi connectivity index (χ4n) is 4.68. The Kier molecular flexibility index (Phi) is 8.77. The first-order valence-electron chi connectivity index (χ1n) is 12.4. The van der Waals surface area contributed by atoms with E-state index < -0.39 is 17.5 Å². The molecule has 2 atom stereocenters. The maximum atomic E-state index is 12.9. The van der Waals surface area contributed by atoms with E-state index in [1.54, 1.807) is 6.92 Å². The van der Waals surface area contributed by atoms with Gasteiger partial charge in [0.2, 0.25) is 0 Å². The fourth-order valence-corrected chi connectivity index (χ4v) is 5.08. The van der Waals surface area contributed by atoms with Gasteiger partial charge in [-0.2, -0.15) is 13.2 Å². The third-order valence-electron chi connectivity index (χ3n) is 6.63. The zero-order chi connectivity index (χ0) is 27.5. The Morgan fingerprint density at radius 1 is 1.05 bits per heavy atom. The van der Waals surface area contributed by atoms with Crippen molar-refractivity contribution in [3.8, 4) is 5.75 Å². The van der Waals surface area contributed by atoms with E-state index >= 15 is 0 Å². The number of β-amino-alcohol motifs (C(OH)–C–C–N with tert-alkyl or cyclic N) is 1. The fraction of sp³-hybridized carbons (Fsp3) is 0.393. The molecule has 0 saturated carbocycles. The van der Waals surface area contributed by atoms with Crippen molar-refractivity contribution < 1.29 is 23.0 Å². The average molecular weight is 568 g/mol. The second-order valence-corrected chi connectivity index (χ2v) is 10.5. The Bertz CT molecular complexity index is 1220. The maximum absolute atomic E-state index is 12.9. The minimum atomic E-state index is -4.53. The minimum absolute atomic E-state index is 0.109. The maximum Gasteiger partial charge on any atom is 0.433 e. The molecule has 0 bridgehead atoms. The lowest BCUT2D eigenvalue weighted by Gasteiger charge is -2.45. The van der Waals surface area contributed by atoms with Gasteiger partial charge in [-0.1, -0.05) is 48.3 Å². The van der Waals surface area contributed by atoms with Crippen LogP contribution in [0.15, 0.2) is 60.8 Å². The lowest BCUT2D eigenvalue weighted by atomic mass is 9.94. The molecule has 0 radical (unpaired) electrons. The summed E-state index contributed by atoms with van der Waals surface area (Å²) < 4.78 is 44.5. The van der Waals surface area contributed by atoms with Crippen LogP contribution in [0.3, 0.4) is 0 Å². The predicted octanol–water partition coefficient (Wildman–Crippen LogP) is 6.97. The first-order valence-corrected chi connectivity index (χ1v) is 13.2. The second-order valence-electron chi connectivity index (χ2n) is 9.66. The van der Waals surface area contributed by atoms with Gasteiger partial charge in [0.1, 0.15) is 17.0 Å². The zero-order valence-corrected chi connectivity index (χ0v) is 22.7. The van der Waals surface area contributed by atoms with Gasteiger partial charge in [-0.05, 0) is 49.2 Å². The van der Waals surface area contributed by atoms with E-state index in [2.05, 4.69) is 14.8 Å². The lowest BCUT2D eigenvalue weighted by Crippen LogP contribution is -2.52. The van der Waals surface area contributed by atoms with Gasteiger partial charge in [0.05, 0.1) is 23.4 Å². The summed E-state index contributed by atoms with van der Waals surface area (Å²) in [5.74, 6) is 0.712. The van der Waals surface area contributed by atoms with Crippen molar-refractivity contribution in [2.24, 2.45) is 0 Å². The van der Waals surface area contributed by atoms with Gasteiger partial charge < -0.3 is 14.7 Å². The number of pyridine rings is 1. The highest BCUT2D eigenvalue weighted by atomic mass is 35.5. The van der Waals surface area contributed by atoms with Crippen molar-refractivity contribution in [2.75, 3.05) is 37.7 Å². The Balaban J connectivity index is 1.57. The van der Waals surface area contributed by atoms with Crippen LogP contribution in [-0.2, 0) is 11.8 Å². The van der Waals surface area contributed by atoms with Crippen molar-refractivity contribution in [3.05, 3.63) is 87.7 Å². The van der Waals surface area contributed by atoms with Crippen molar-refractivity contribution in [2.45, 2.75) is 38.1 Å². The number of anilines is 1. The molecule has 4 rings (SSSR count). The van der Waals surface area contributed by atoms with Crippen LogP contribution >= 0.6 is 23.2 Å². The summed E-state index contributed by atoms with van der Waals surface area (Å²) in [4.78, 5) is 7.84. The smallest absolute Gasteiger partial charge is 0.433 e. The quantitative estimate of drug-likeness (QED) is 0.318. The molecule has 1 aliphatic rings. The highest BCUT2D eigenvalue weighted by molar-refractivity contribution is 6.33. The van der Waals surface area contributed by atoms with Crippen molar-refractivity contribution >= 4 is 28.9 Å². The molecule has 204 valence electrons. The second kappa shape index (κ2) is 11.7. The van der Waals surface area contributed by atoms with Gasteiger partial charge >= 0.3 is 6.18 Å². The van der Waals surface area contributed by atoms with E-state index in [0.29, 0.717) is 47.6 Å². The molecule has 3 aromatic rings. The van der Waals surface area contributed by atoms with Crippen LogP contribution in [0.5, 0.6) is 5.75 Å². The third kappa shape index (κ3) is 6.72. The topological polar surface area (TPSA) is 48.8 Å². The average Bonchev–Trinajstić information content (AvgIpc) is 2.87. The van der Waals surface area contributed by atoms with Crippen LogP contribution in [0.4, 0.5) is 18.9 Å². The van der Waals surface area contributed by atoms with Crippen LogP contribution in [-0.4, -0.2) is 47.8 Å². The van der Waals surface area contributed by atoms with E-state index in [1.807, 2.05) is 49.4 Å². The largest absolute Gasteiger partial charge is 0.494 e. The number of rotatable bonds is 8. The summed E-state index contributed by atoms with van der Waals surface area (Å²) >= 11 is 12.8. The molecule has 2 heterocycles. The van der Waals surface area contributed by atoms with E-state index in [9.17, 15) is 18.3 Å². The van der Waals surface area contributed by atoms with E-state index in [-0.39, 0.29) is 12.6 Å². The van der Waals surface area contributed by atoms with Crippen LogP contribution in [0.2, 0.25) is 10.0 Å². The molecule has 38 heavy (non-hydrogen) atoms. The van der Waals surface area contributed by atoms with E-state index in [1.165, 1.54) is 6.07 Å². The summed E-state index contributed by atoms with van der Waals surface area (Å²) in [6.07, 6.45) is -2.54. The Labute approximate surface area is 230 Å². The lowest BCUT2D eigenvalue weighted by molar-refractivity contribution is -0.141. The van der Waals surface area contributed by atoms with Crippen molar-refractivity contribution in [1.82, 2.24) is 9.88 Å². The number of hydrogen-bond donors (Lipinski definition) is 1. The molecule has 0 unspecified atom stereocenters. The van der Waals surface area contributed by atoms with Crippen LogP contribution in [0.25, 0.3) is 0 Å². The summed E-state index contributed by atoms with van der Waals surface area (Å²) in [7, 11) is 0. The summed E-state index contributed by atoms with van der Waals surface area (Å²) in [5, 5.41) is 12.4. The third-order valence-corrected chi connectivity index (χ3v) is 7.18. The number of benzene rings is 2. The van der Waals surface area contributed by atoms with E-state index in [0.717, 1.165) is 29.9 Å². The van der Waals surface area contributed by atoms with Gasteiger partial charge in [0.25, 0.3) is 0 Å². The SMILES string of the molecule is CCCOc1ccc(N2CCN(C[C@@](C)(O)c3ccc(C(F)(F)F)nc3)C[C@H]2c2ccc(Cl)cc2)c(Cl)c1. The van der Waals surface area contributed by atoms with Gasteiger partial charge in [0, 0.05) is 49.0 Å². The molecular formula is C28H30Cl2F3N3O2. The minimum Gasteiger partial charge on any atom is -0.494 e. The zero-order valence-electron chi connectivity index (χ0n) is 21.2. The first-order chi connectivity index (χ1) is 18.0. The molecule has 0 spiro atoms. The Morgan fingerprint density at radius 3 is 2.39 bits per heavy atom. The number of nitrogens with zero attached hydrogens (tertiary/aromatic N) is 3. The number of aliphatic hydroxyl groups is 1. The first kappa shape index (κ1) is 28.5. The monoisotopic (exact) mass is 567 g/mol. The molecule has 10 heteroatoms. The van der Waals surface area contributed by atoms with Crippen LogP contribution < -0.4 is 9.64 Å². The normalized spacial score (nSPS) is 18.3. The molecule has 1 N–H and O–H groups in total. The number of piperazine rings is 1. The highest BCUT2D eigenvalue weighted by Crippen LogP contribution is 2.38. The Hall–Kier alpha value is -2.52. The number of ether oxygens (including phenoxy) is 1. The van der Waals surface area contributed by atoms with Crippen LogP contribution in [0, 0.1) is 0 Å². The molecular weight excluding hydrogens is 538 g/mol. The molecule has 1 aliphatic heterocycles. The number of halogens is 5. The number of alkyl halides is 3. The van der Waals surface area contributed by atoms with Crippen molar-refractivity contribution in [3.63, 3.8) is 0 Å². The molecule has 5 nitrogen and oxygen atoms in total. The number of aromatic nitrogens is 1. The Morgan fingerprint density at radius 2 is 1.79 bits per heavy atom. The molecule has 1 fully saturated rings. The van der Waals surface area contributed by atoms with Gasteiger partial charge in [-0.15, -0.1) is 0 Å². The van der Waals surface area contributed by atoms with Gasteiger partial charge in [-0.3, -0.25) is 9.88 Å². The standard InChI is InChI=1S/C28H30Cl2F3N3O2/c1-3-14-38-22-9-10-24(23(30)15-22)36-13-12-35(17-25(36)19-4-7-21(29)8-5-19)18-27(2,37)20-6-11-26(34-16-20)28(31,32)33/h4-11,15-16,25,37H,3,12-14,17-18H2,1-2H3/t25-,27+/m0/s1. The summed E-state index contributed by atoms with van der Waals surface area (Å²) in [6, 6.07) is 15.4. The highest BCUT2D eigenvalue weighted by Gasteiger charge is 2.36. The predicted molar refractivity (Wildman–Crippen MR) is 144 cm³/mol. The van der Waals surface area contributed by atoms with Crippen LogP contribution in [0.1, 0.15) is 43.1 Å².